The van der Waals surface area contributed by atoms with E-state index in [0.717, 1.165) is 18.4 Å². The van der Waals surface area contributed by atoms with Crippen LogP contribution in [-0.2, 0) is 6.42 Å². The van der Waals surface area contributed by atoms with Crippen molar-refractivity contribution >= 4 is 5.57 Å². The lowest BCUT2D eigenvalue weighted by Gasteiger charge is -2.07. The van der Waals surface area contributed by atoms with Gasteiger partial charge in [0.15, 0.2) is 0 Å². The van der Waals surface area contributed by atoms with Crippen LogP contribution in [0.1, 0.15) is 24.5 Å². The van der Waals surface area contributed by atoms with Gasteiger partial charge in [0.2, 0.25) is 0 Å². The summed E-state index contributed by atoms with van der Waals surface area (Å²) in [5.74, 6) is 0. The molecule has 0 unspecified atom stereocenters. The molecule has 0 atom stereocenters. The van der Waals surface area contributed by atoms with Crippen molar-refractivity contribution in [3.8, 4) is 0 Å². The first kappa shape index (κ1) is 10.0. The number of rotatable bonds is 4. The number of hydrogen-bond donors (Lipinski definition) is 1. The number of hydrogen-bond acceptors (Lipinski definition) is 1. The molecule has 0 aromatic heterocycles. The second-order valence-corrected chi connectivity index (χ2v) is 3.26. The summed E-state index contributed by atoms with van der Waals surface area (Å²) in [4.78, 5) is 0. The zero-order valence-corrected chi connectivity index (χ0v) is 8.09. The number of aryl methyl sites for hydroxylation is 1. The molecule has 0 radical (unpaired) electrons. The standard InChI is InChI=1S/C12H16O/c1-10(2)12-8-4-3-6-11(12)7-5-9-13/h3-4,6,8,13H,1,5,7,9H2,2H3. The maximum absolute atomic E-state index is 8.73. The highest BCUT2D eigenvalue weighted by molar-refractivity contribution is 5.64. The van der Waals surface area contributed by atoms with Crippen LogP contribution in [0.25, 0.3) is 5.57 Å². The molecule has 0 heterocycles. The molecule has 1 nitrogen and oxygen atoms in total. The van der Waals surface area contributed by atoms with Crippen LogP contribution in [0.5, 0.6) is 0 Å². The molecule has 1 aromatic rings. The summed E-state index contributed by atoms with van der Waals surface area (Å²) >= 11 is 0. The van der Waals surface area contributed by atoms with Crippen LogP contribution >= 0.6 is 0 Å². The Kier molecular flexibility index (Phi) is 3.71. The molecule has 0 spiro atoms. The molecule has 1 N–H and O–H groups in total. The molecule has 0 aliphatic rings. The molecule has 0 saturated heterocycles. The minimum atomic E-state index is 0.254. The van der Waals surface area contributed by atoms with Gasteiger partial charge < -0.3 is 5.11 Å². The number of aliphatic hydroxyl groups is 1. The fraction of sp³-hybridized carbons (Fsp3) is 0.333. The highest BCUT2D eigenvalue weighted by Gasteiger charge is 2.00. The zero-order valence-electron chi connectivity index (χ0n) is 8.09. The molecule has 0 amide bonds. The normalized spacial score (nSPS) is 10.0. The summed E-state index contributed by atoms with van der Waals surface area (Å²) in [6, 6.07) is 8.22. The van der Waals surface area contributed by atoms with Gasteiger partial charge in [-0.2, -0.15) is 0 Å². The van der Waals surface area contributed by atoms with E-state index in [1.165, 1.54) is 11.1 Å². The van der Waals surface area contributed by atoms with E-state index in [2.05, 4.69) is 18.7 Å². The highest BCUT2D eigenvalue weighted by Crippen LogP contribution is 2.18. The van der Waals surface area contributed by atoms with E-state index in [1.807, 2.05) is 19.1 Å². The summed E-state index contributed by atoms with van der Waals surface area (Å²) < 4.78 is 0. The van der Waals surface area contributed by atoms with Gasteiger partial charge in [0.05, 0.1) is 0 Å². The van der Waals surface area contributed by atoms with Gasteiger partial charge >= 0.3 is 0 Å². The lowest BCUT2D eigenvalue weighted by atomic mass is 9.99. The molecule has 1 rings (SSSR count). The zero-order chi connectivity index (χ0) is 9.68. The van der Waals surface area contributed by atoms with Crippen LogP contribution in [0, 0.1) is 0 Å². The molecule has 0 saturated carbocycles. The predicted molar refractivity (Wildman–Crippen MR) is 56.6 cm³/mol. The Balaban J connectivity index is 2.84. The molecule has 0 fully saturated rings. The molecular weight excluding hydrogens is 160 g/mol. The van der Waals surface area contributed by atoms with E-state index in [0.29, 0.717) is 0 Å². The van der Waals surface area contributed by atoms with Crippen molar-refractivity contribution in [3.63, 3.8) is 0 Å². The monoisotopic (exact) mass is 176 g/mol. The van der Waals surface area contributed by atoms with Crippen molar-refractivity contribution in [1.82, 2.24) is 0 Å². The van der Waals surface area contributed by atoms with E-state index >= 15 is 0 Å². The van der Waals surface area contributed by atoms with Gasteiger partial charge in [-0.15, -0.1) is 0 Å². The van der Waals surface area contributed by atoms with E-state index in [4.69, 9.17) is 5.11 Å². The van der Waals surface area contributed by atoms with Crippen molar-refractivity contribution in [2.24, 2.45) is 0 Å². The van der Waals surface area contributed by atoms with Crippen LogP contribution in [0.4, 0.5) is 0 Å². The minimum Gasteiger partial charge on any atom is -0.396 e. The summed E-state index contributed by atoms with van der Waals surface area (Å²) in [7, 11) is 0. The van der Waals surface area contributed by atoms with Crippen molar-refractivity contribution < 1.29 is 5.11 Å². The third kappa shape index (κ3) is 2.71. The van der Waals surface area contributed by atoms with Crippen molar-refractivity contribution in [2.45, 2.75) is 19.8 Å². The van der Waals surface area contributed by atoms with E-state index < -0.39 is 0 Å². The number of benzene rings is 1. The molecule has 13 heavy (non-hydrogen) atoms. The number of allylic oxidation sites excluding steroid dienone is 1. The Morgan fingerprint density at radius 2 is 2.08 bits per heavy atom. The van der Waals surface area contributed by atoms with E-state index in [9.17, 15) is 0 Å². The molecule has 70 valence electrons. The Hall–Kier alpha value is -1.08. The van der Waals surface area contributed by atoms with Crippen molar-refractivity contribution in [3.05, 3.63) is 42.0 Å². The van der Waals surface area contributed by atoms with Gasteiger partial charge in [-0.1, -0.05) is 36.4 Å². The first-order chi connectivity index (χ1) is 6.25. The smallest absolute Gasteiger partial charge is 0.0434 e. The quantitative estimate of drug-likeness (QED) is 0.747. The van der Waals surface area contributed by atoms with Crippen LogP contribution < -0.4 is 0 Å². The highest BCUT2D eigenvalue weighted by atomic mass is 16.2. The maximum Gasteiger partial charge on any atom is 0.0434 e. The summed E-state index contributed by atoms with van der Waals surface area (Å²) in [6.45, 7) is 6.20. The van der Waals surface area contributed by atoms with Gasteiger partial charge in [0.1, 0.15) is 0 Å². The van der Waals surface area contributed by atoms with E-state index in [-0.39, 0.29) is 6.61 Å². The lowest BCUT2D eigenvalue weighted by Crippen LogP contribution is -1.93. The Labute approximate surface area is 79.7 Å². The molecule has 1 heteroatoms. The predicted octanol–water partition coefficient (Wildman–Crippen LogP) is 2.64. The third-order valence-corrected chi connectivity index (χ3v) is 2.08. The molecule has 1 aromatic carbocycles. The van der Waals surface area contributed by atoms with Crippen LogP contribution in [0.3, 0.4) is 0 Å². The van der Waals surface area contributed by atoms with Gasteiger partial charge in [-0.3, -0.25) is 0 Å². The third-order valence-electron chi connectivity index (χ3n) is 2.08. The molecule has 0 aliphatic carbocycles. The summed E-state index contributed by atoms with van der Waals surface area (Å²) in [5.41, 5.74) is 3.59. The van der Waals surface area contributed by atoms with Gasteiger partial charge in [-0.25, -0.2) is 0 Å². The first-order valence-corrected chi connectivity index (χ1v) is 4.60. The topological polar surface area (TPSA) is 20.2 Å². The van der Waals surface area contributed by atoms with Crippen LogP contribution in [0.2, 0.25) is 0 Å². The maximum atomic E-state index is 8.73. The fourth-order valence-corrected chi connectivity index (χ4v) is 1.42. The minimum absolute atomic E-state index is 0.254. The van der Waals surface area contributed by atoms with Crippen molar-refractivity contribution in [2.75, 3.05) is 6.61 Å². The Bertz CT molecular complexity index is 289. The Morgan fingerprint density at radius 1 is 1.38 bits per heavy atom. The summed E-state index contributed by atoms with van der Waals surface area (Å²) in [5, 5.41) is 8.73. The van der Waals surface area contributed by atoms with Gasteiger partial charge in [0.25, 0.3) is 0 Å². The fourth-order valence-electron chi connectivity index (χ4n) is 1.42. The van der Waals surface area contributed by atoms with Gasteiger partial charge in [-0.05, 0) is 30.9 Å². The lowest BCUT2D eigenvalue weighted by molar-refractivity contribution is 0.288. The molecule has 0 bridgehead atoms. The van der Waals surface area contributed by atoms with Crippen LogP contribution in [-0.4, -0.2) is 11.7 Å². The largest absolute Gasteiger partial charge is 0.396 e. The SMILES string of the molecule is C=C(C)c1ccccc1CCCO. The second kappa shape index (κ2) is 4.83. The van der Waals surface area contributed by atoms with Crippen LogP contribution in [0.15, 0.2) is 30.8 Å². The van der Waals surface area contributed by atoms with Crippen molar-refractivity contribution in [1.29, 1.82) is 0 Å². The summed E-state index contributed by atoms with van der Waals surface area (Å²) in [6.07, 6.45) is 1.75. The molecule has 0 aliphatic heterocycles. The van der Waals surface area contributed by atoms with E-state index in [1.54, 1.807) is 0 Å². The van der Waals surface area contributed by atoms with Gasteiger partial charge in [0, 0.05) is 6.61 Å². The second-order valence-electron chi connectivity index (χ2n) is 3.26. The molecular formula is C12H16O. The average Bonchev–Trinajstić information content (AvgIpc) is 2.15. The first-order valence-electron chi connectivity index (χ1n) is 4.60. The number of aliphatic hydroxyl groups excluding tert-OH is 1. The Morgan fingerprint density at radius 3 is 2.69 bits per heavy atom. The average molecular weight is 176 g/mol.